The van der Waals surface area contributed by atoms with Gasteiger partial charge in [0.2, 0.25) is 0 Å². The number of nitro groups is 1. The molecule has 6 heteroatoms. The highest BCUT2D eigenvalue weighted by molar-refractivity contribution is 5.15. The summed E-state index contributed by atoms with van der Waals surface area (Å²) in [6, 6.07) is 0.864. The van der Waals surface area contributed by atoms with Crippen LogP contribution in [-0.4, -0.2) is 23.9 Å². The maximum atomic E-state index is 10.6. The highest BCUT2D eigenvalue weighted by Gasteiger charge is 2.36. The van der Waals surface area contributed by atoms with E-state index < -0.39 is 17.3 Å². The normalized spacial score (nSPS) is 25.9. The maximum absolute atomic E-state index is 10.6. The van der Waals surface area contributed by atoms with Gasteiger partial charge in [0.05, 0.1) is 0 Å². The lowest BCUT2D eigenvalue weighted by Gasteiger charge is -2.23. The molecule has 6 nitrogen and oxygen atoms in total. The van der Waals surface area contributed by atoms with E-state index in [1.807, 2.05) is 0 Å². The number of allylic oxidation sites excluding steroid dienone is 1. The molecule has 14 heavy (non-hydrogen) atoms. The molecule has 0 unspecified atom stereocenters. The Morgan fingerprint density at radius 1 is 1.93 bits per heavy atom. The fourth-order valence-electron chi connectivity index (χ4n) is 1.16. The molecule has 0 fully saturated rings. The van der Waals surface area contributed by atoms with Crippen LogP contribution in [0.1, 0.15) is 13.3 Å². The fourth-order valence-corrected chi connectivity index (χ4v) is 1.16. The van der Waals surface area contributed by atoms with E-state index in [0.29, 0.717) is 6.61 Å². The van der Waals surface area contributed by atoms with Crippen LogP contribution in [0.5, 0.6) is 0 Å². The van der Waals surface area contributed by atoms with Crippen molar-refractivity contribution in [3.63, 3.8) is 0 Å². The van der Waals surface area contributed by atoms with E-state index in [4.69, 9.17) is 14.7 Å². The van der Waals surface area contributed by atoms with Crippen LogP contribution in [-0.2, 0) is 9.47 Å². The van der Waals surface area contributed by atoms with Crippen molar-refractivity contribution in [2.24, 2.45) is 0 Å². The van der Waals surface area contributed by atoms with Gasteiger partial charge in [0.1, 0.15) is 6.07 Å². The van der Waals surface area contributed by atoms with Crippen molar-refractivity contribution in [1.29, 1.82) is 5.26 Å². The van der Waals surface area contributed by atoms with Crippen LogP contribution in [0.3, 0.4) is 0 Å². The lowest BCUT2D eigenvalue weighted by molar-refractivity contribution is -0.548. The Kier molecular flexibility index (Phi) is 3.42. The average Bonchev–Trinajstić information content (AvgIpc) is 2.17. The largest absolute Gasteiger partial charge is 0.447 e. The molecule has 0 spiro atoms. The van der Waals surface area contributed by atoms with Crippen molar-refractivity contribution < 1.29 is 14.4 Å². The Balaban J connectivity index is 2.73. The molecule has 0 saturated heterocycles. The van der Waals surface area contributed by atoms with Gasteiger partial charge in [-0.2, -0.15) is 5.26 Å². The van der Waals surface area contributed by atoms with Crippen molar-refractivity contribution in [2.45, 2.75) is 25.7 Å². The molecule has 0 aromatic heterocycles. The first kappa shape index (κ1) is 10.5. The minimum absolute atomic E-state index is 0.0848. The molecule has 1 aliphatic heterocycles. The molecule has 0 saturated carbocycles. The Hall–Kier alpha value is -1.61. The van der Waals surface area contributed by atoms with Crippen LogP contribution >= 0.6 is 0 Å². The summed E-state index contributed by atoms with van der Waals surface area (Å²) in [5.41, 5.74) is 0. The van der Waals surface area contributed by atoms with E-state index in [1.54, 1.807) is 13.0 Å². The Morgan fingerprint density at radius 3 is 3.14 bits per heavy atom. The first-order valence-electron chi connectivity index (χ1n) is 4.21. The molecule has 2 atom stereocenters. The number of hydrogen-bond donors (Lipinski definition) is 0. The third kappa shape index (κ3) is 2.20. The number of nitrogens with zero attached hydrogens (tertiary/aromatic N) is 2. The Bertz CT molecular complexity index is 294. The van der Waals surface area contributed by atoms with E-state index in [-0.39, 0.29) is 12.2 Å². The summed E-state index contributed by atoms with van der Waals surface area (Å²) in [5.74, 6) is 0.0848. The number of nitriles is 1. The topological polar surface area (TPSA) is 85.4 Å². The van der Waals surface area contributed by atoms with Crippen molar-refractivity contribution in [3.05, 3.63) is 21.9 Å². The second kappa shape index (κ2) is 4.58. The molecule has 0 bridgehead atoms. The van der Waals surface area contributed by atoms with Gasteiger partial charge in [-0.15, -0.1) is 0 Å². The van der Waals surface area contributed by atoms with E-state index in [2.05, 4.69) is 0 Å². The summed E-state index contributed by atoms with van der Waals surface area (Å²) in [4.78, 5) is 10.1. The zero-order chi connectivity index (χ0) is 10.6. The number of rotatable bonds is 3. The van der Waals surface area contributed by atoms with E-state index >= 15 is 0 Å². The Labute approximate surface area is 80.9 Å². The SMILES string of the molecule is CCO[C@@H]1OC(C#N)=CC[C@@H]1[N+](=O)[O-]. The van der Waals surface area contributed by atoms with Crippen LogP contribution in [0.15, 0.2) is 11.8 Å². The van der Waals surface area contributed by atoms with Gasteiger partial charge >= 0.3 is 0 Å². The van der Waals surface area contributed by atoms with Crippen molar-refractivity contribution in [3.8, 4) is 6.07 Å². The minimum Gasteiger partial charge on any atom is -0.447 e. The van der Waals surface area contributed by atoms with Crippen LogP contribution < -0.4 is 0 Å². The third-order valence-electron chi connectivity index (χ3n) is 1.81. The number of ether oxygens (including phenoxy) is 2. The number of hydrogen-bond acceptors (Lipinski definition) is 5. The smallest absolute Gasteiger partial charge is 0.277 e. The molecule has 0 radical (unpaired) electrons. The predicted molar refractivity (Wildman–Crippen MR) is 45.6 cm³/mol. The monoisotopic (exact) mass is 198 g/mol. The lowest BCUT2D eigenvalue weighted by atomic mass is 10.1. The molecule has 0 aromatic carbocycles. The van der Waals surface area contributed by atoms with Crippen molar-refractivity contribution >= 4 is 0 Å². The maximum Gasteiger partial charge on any atom is 0.277 e. The standard InChI is InChI=1S/C8H10N2O4/c1-2-13-8-7(10(11)12)4-3-6(5-9)14-8/h3,7-8H,2,4H2,1H3/t7-,8+/m0/s1. The molecule has 1 aliphatic rings. The van der Waals surface area contributed by atoms with Crippen LogP contribution in [0, 0.1) is 21.4 Å². The fraction of sp³-hybridized carbons (Fsp3) is 0.625. The molecule has 0 N–H and O–H groups in total. The summed E-state index contributed by atoms with van der Waals surface area (Å²) in [7, 11) is 0. The van der Waals surface area contributed by atoms with Gasteiger partial charge in [-0.3, -0.25) is 10.1 Å². The first-order valence-corrected chi connectivity index (χ1v) is 4.21. The van der Waals surface area contributed by atoms with Gasteiger partial charge in [0.25, 0.3) is 12.3 Å². The lowest BCUT2D eigenvalue weighted by Crippen LogP contribution is -2.39. The summed E-state index contributed by atoms with van der Waals surface area (Å²) in [6.07, 6.45) is 0.624. The van der Waals surface area contributed by atoms with Gasteiger partial charge in [-0.25, -0.2) is 0 Å². The second-order valence-electron chi connectivity index (χ2n) is 2.71. The average molecular weight is 198 g/mol. The Morgan fingerprint density at radius 2 is 2.64 bits per heavy atom. The van der Waals surface area contributed by atoms with Crippen molar-refractivity contribution in [1.82, 2.24) is 0 Å². The zero-order valence-electron chi connectivity index (χ0n) is 7.67. The van der Waals surface area contributed by atoms with E-state index in [9.17, 15) is 10.1 Å². The molecule has 1 rings (SSSR count). The van der Waals surface area contributed by atoms with Gasteiger partial charge in [0, 0.05) is 18.0 Å². The molecule has 0 aromatic rings. The molecular formula is C8H10N2O4. The second-order valence-corrected chi connectivity index (χ2v) is 2.71. The third-order valence-corrected chi connectivity index (χ3v) is 1.81. The van der Waals surface area contributed by atoms with Crippen LogP contribution in [0.2, 0.25) is 0 Å². The van der Waals surface area contributed by atoms with Crippen LogP contribution in [0.4, 0.5) is 0 Å². The van der Waals surface area contributed by atoms with E-state index in [0.717, 1.165) is 0 Å². The van der Waals surface area contributed by atoms with E-state index in [1.165, 1.54) is 6.08 Å². The van der Waals surface area contributed by atoms with Gasteiger partial charge in [-0.05, 0) is 13.0 Å². The van der Waals surface area contributed by atoms with Gasteiger partial charge in [0.15, 0.2) is 5.76 Å². The highest BCUT2D eigenvalue weighted by atomic mass is 16.7. The quantitative estimate of drug-likeness (QED) is 0.495. The summed E-state index contributed by atoms with van der Waals surface area (Å²) in [6.45, 7) is 2.03. The summed E-state index contributed by atoms with van der Waals surface area (Å²) >= 11 is 0. The van der Waals surface area contributed by atoms with Gasteiger partial charge < -0.3 is 9.47 Å². The molecular weight excluding hydrogens is 188 g/mol. The molecule has 76 valence electrons. The first-order chi connectivity index (χ1) is 6.69. The molecule has 0 amide bonds. The van der Waals surface area contributed by atoms with Crippen LogP contribution in [0.25, 0.3) is 0 Å². The zero-order valence-corrected chi connectivity index (χ0v) is 7.67. The molecule has 0 aliphatic carbocycles. The predicted octanol–water partition coefficient (Wildman–Crippen LogP) is 0.822. The van der Waals surface area contributed by atoms with Gasteiger partial charge in [-0.1, -0.05) is 0 Å². The molecule has 1 heterocycles. The summed E-state index contributed by atoms with van der Waals surface area (Å²) in [5, 5.41) is 19.1. The highest BCUT2D eigenvalue weighted by Crippen LogP contribution is 2.20. The minimum atomic E-state index is -0.949. The van der Waals surface area contributed by atoms with Crippen molar-refractivity contribution in [2.75, 3.05) is 6.61 Å². The summed E-state index contributed by atoms with van der Waals surface area (Å²) < 4.78 is 10.0.